The van der Waals surface area contributed by atoms with Crippen LogP contribution in [-0.2, 0) is 9.59 Å². The third-order valence-electron chi connectivity index (χ3n) is 11.6. The van der Waals surface area contributed by atoms with Crippen molar-refractivity contribution in [2.24, 2.45) is 45.3 Å². The summed E-state index contributed by atoms with van der Waals surface area (Å²) in [5.74, 6) is 3.07. The Hall–Kier alpha value is -1.18. The van der Waals surface area contributed by atoms with Crippen LogP contribution in [-0.4, -0.2) is 12.1 Å². The minimum atomic E-state index is -0.184. The molecule has 3 saturated carbocycles. The number of hydrogen-bond acceptors (Lipinski definition) is 2. The van der Waals surface area contributed by atoms with Crippen LogP contribution < -0.4 is 0 Å². The summed E-state index contributed by atoms with van der Waals surface area (Å²) < 4.78 is 0. The lowest BCUT2D eigenvalue weighted by Crippen LogP contribution is -2.57. The molecule has 3 fully saturated rings. The number of allylic oxidation sites excluding steroid dienone is 4. The number of carbonyl (C=O) groups is 2. The lowest BCUT2D eigenvalue weighted by Gasteiger charge is -2.63. The molecule has 4 rings (SSSR count). The van der Waals surface area contributed by atoms with Gasteiger partial charge in [-0.1, -0.05) is 59.3 Å². The predicted molar refractivity (Wildman–Crippen MR) is 132 cm³/mol. The Morgan fingerprint density at radius 2 is 1.84 bits per heavy atom. The molecular weight excluding hydrogens is 392 g/mol. The molecule has 0 aliphatic heterocycles. The van der Waals surface area contributed by atoms with E-state index >= 15 is 0 Å². The fraction of sp³-hybridized carbons (Fsp3) is 0.800. The maximum absolute atomic E-state index is 12.8. The van der Waals surface area contributed by atoms with Crippen molar-refractivity contribution in [1.82, 2.24) is 0 Å². The molecule has 2 nitrogen and oxygen atoms in total. The van der Waals surface area contributed by atoms with Crippen LogP contribution in [0.2, 0.25) is 0 Å². The first-order valence-corrected chi connectivity index (χ1v) is 13.3. The zero-order chi connectivity index (χ0) is 23.5. The average Bonchev–Trinajstić information content (AvgIpc) is 3.02. The number of hydrogen-bond donors (Lipinski definition) is 0. The SMILES string of the molecule is C/C(C=O)=C/CC[C@H](C)[C@@H]1CC[C@]2(C)C3=CC[C@H]4C(C)(C)C(=O)CC[C@]4(C)C3CC[C@@]12C. The van der Waals surface area contributed by atoms with Crippen molar-refractivity contribution in [1.29, 1.82) is 0 Å². The van der Waals surface area contributed by atoms with Crippen molar-refractivity contribution in [3.05, 3.63) is 23.3 Å². The summed E-state index contributed by atoms with van der Waals surface area (Å²) >= 11 is 0. The molecule has 32 heavy (non-hydrogen) atoms. The number of fused-ring (bicyclic) bond motifs is 5. The quantitative estimate of drug-likeness (QED) is 0.250. The predicted octanol–water partition coefficient (Wildman–Crippen LogP) is 7.72. The first-order valence-electron chi connectivity index (χ1n) is 13.3. The molecule has 0 spiro atoms. The molecule has 4 aliphatic rings. The molecule has 0 radical (unpaired) electrons. The number of Topliss-reactive ketones (excluding diaryl/α,β-unsaturated/α-hetero) is 1. The molecule has 0 amide bonds. The van der Waals surface area contributed by atoms with E-state index in [0.717, 1.165) is 43.5 Å². The second-order valence-electron chi connectivity index (χ2n) is 13.2. The highest BCUT2D eigenvalue weighted by atomic mass is 16.1. The number of rotatable bonds is 5. The summed E-state index contributed by atoms with van der Waals surface area (Å²) in [5.41, 5.74) is 3.37. The smallest absolute Gasteiger partial charge is 0.145 e. The molecule has 0 N–H and O–H groups in total. The van der Waals surface area contributed by atoms with Crippen molar-refractivity contribution in [2.75, 3.05) is 0 Å². The topological polar surface area (TPSA) is 34.1 Å². The molecule has 7 atom stereocenters. The molecule has 0 aromatic heterocycles. The van der Waals surface area contributed by atoms with Gasteiger partial charge in [0.25, 0.3) is 0 Å². The fourth-order valence-corrected chi connectivity index (χ4v) is 9.29. The Bertz CT molecular complexity index is 847. The van der Waals surface area contributed by atoms with Gasteiger partial charge in [-0.25, -0.2) is 0 Å². The lowest BCUT2D eigenvalue weighted by atomic mass is 9.41. The van der Waals surface area contributed by atoms with Gasteiger partial charge in [0, 0.05) is 11.8 Å². The second-order valence-corrected chi connectivity index (χ2v) is 13.2. The normalized spacial score (nSPS) is 44.2. The van der Waals surface area contributed by atoms with Crippen LogP contribution in [0.3, 0.4) is 0 Å². The molecule has 1 unspecified atom stereocenters. The van der Waals surface area contributed by atoms with Crippen molar-refractivity contribution in [2.45, 2.75) is 106 Å². The zero-order valence-electron chi connectivity index (χ0n) is 21.7. The molecule has 0 heterocycles. The van der Waals surface area contributed by atoms with Gasteiger partial charge < -0.3 is 0 Å². The monoisotopic (exact) mass is 438 g/mol. The van der Waals surface area contributed by atoms with Crippen LogP contribution in [0.1, 0.15) is 106 Å². The lowest BCUT2D eigenvalue weighted by molar-refractivity contribution is -0.146. The summed E-state index contributed by atoms with van der Waals surface area (Å²) in [6.07, 6.45) is 16.1. The zero-order valence-corrected chi connectivity index (χ0v) is 21.7. The Balaban J connectivity index is 1.61. The summed E-state index contributed by atoms with van der Waals surface area (Å²) in [4.78, 5) is 23.7. The van der Waals surface area contributed by atoms with Crippen molar-refractivity contribution in [3.8, 4) is 0 Å². The summed E-state index contributed by atoms with van der Waals surface area (Å²) in [5, 5.41) is 0. The molecule has 0 aromatic carbocycles. The average molecular weight is 439 g/mol. The van der Waals surface area contributed by atoms with E-state index in [2.05, 4.69) is 53.7 Å². The van der Waals surface area contributed by atoms with Crippen molar-refractivity contribution in [3.63, 3.8) is 0 Å². The van der Waals surface area contributed by atoms with Gasteiger partial charge in [0.1, 0.15) is 12.1 Å². The summed E-state index contributed by atoms with van der Waals surface area (Å²) in [6, 6.07) is 0. The maximum Gasteiger partial charge on any atom is 0.145 e. The van der Waals surface area contributed by atoms with E-state index in [0.29, 0.717) is 34.4 Å². The first kappa shape index (κ1) is 24.0. The molecular formula is C30H46O2. The van der Waals surface area contributed by atoms with Gasteiger partial charge in [-0.3, -0.25) is 9.59 Å². The molecule has 4 aliphatic carbocycles. The van der Waals surface area contributed by atoms with Crippen LogP contribution in [0.5, 0.6) is 0 Å². The molecule has 2 heteroatoms. The van der Waals surface area contributed by atoms with E-state index in [9.17, 15) is 9.59 Å². The third-order valence-corrected chi connectivity index (χ3v) is 11.6. The number of ketones is 1. The molecule has 178 valence electrons. The van der Waals surface area contributed by atoms with Crippen molar-refractivity contribution >= 4 is 12.1 Å². The van der Waals surface area contributed by atoms with Gasteiger partial charge in [-0.2, -0.15) is 0 Å². The van der Waals surface area contributed by atoms with Crippen LogP contribution >= 0.6 is 0 Å². The Labute approximate surface area is 196 Å². The maximum atomic E-state index is 12.8. The number of carbonyl (C=O) groups excluding carboxylic acids is 2. The van der Waals surface area contributed by atoms with Crippen molar-refractivity contribution < 1.29 is 9.59 Å². The highest BCUT2D eigenvalue weighted by molar-refractivity contribution is 5.85. The second kappa shape index (κ2) is 7.95. The van der Waals surface area contributed by atoms with Crippen LogP contribution in [0.25, 0.3) is 0 Å². The van der Waals surface area contributed by atoms with E-state index in [4.69, 9.17) is 0 Å². The van der Waals surface area contributed by atoms with Gasteiger partial charge in [0.15, 0.2) is 0 Å². The molecule has 0 bridgehead atoms. The Morgan fingerprint density at radius 3 is 2.53 bits per heavy atom. The fourth-order valence-electron chi connectivity index (χ4n) is 9.29. The van der Waals surface area contributed by atoms with Crippen LogP contribution in [0.4, 0.5) is 0 Å². The Kier molecular flexibility index (Phi) is 5.95. The van der Waals surface area contributed by atoms with Crippen LogP contribution in [0, 0.1) is 45.3 Å². The van der Waals surface area contributed by atoms with E-state index < -0.39 is 0 Å². The largest absolute Gasteiger partial charge is 0.299 e. The molecule has 0 saturated heterocycles. The highest BCUT2D eigenvalue weighted by Crippen LogP contribution is 2.73. The van der Waals surface area contributed by atoms with Gasteiger partial charge in [-0.05, 0) is 104 Å². The Morgan fingerprint density at radius 1 is 1.12 bits per heavy atom. The minimum Gasteiger partial charge on any atom is -0.299 e. The highest BCUT2D eigenvalue weighted by Gasteiger charge is 2.65. The molecule has 0 aromatic rings. The third kappa shape index (κ3) is 3.25. The van der Waals surface area contributed by atoms with E-state index in [-0.39, 0.29) is 10.8 Å². The summed E-state index contributed by atoms with van der Waals surface area (Å²) in [7, 11) is 0. The van der Waals surface area contributed by atoms with E-state index in [1.807, 2.05) is 6.92 Å². The standard InChI is InChI=1S/C30H46O2/c1-20(19-31)9-8-10-21(2)22-13-17-30(7)24-11-12-25-27(3,4)26(32)15-16-28(25,5)23(24)14-18-29(22,30)6/h9,11,19,21-23,25H,8,10,12-18H2,1-7H3/b20-9-/t21-,22-,23?,25-,28+,29-,30+/m0/s1. The van der Waals surface area contributed by atoms with Gasteiger partial charge >= 0.3 is 0 Å². The van der Waals surface area contributed by atoms with Crippen LogP contribution in [0.15, 0.2) is 23.3 Å². The van der Waals surface area contributed by atoms with Gasteiger partial charge in [0.2, 0.25) is 0 Å². The minimum absolute atomic E-state index is 0.184. The van der Waals surface area contributed by atoms with Gasteiger partial charge in [0.05, 0.1) is 0 Å². The van der Waals surface area contributed by atoms with Gasteiger partial charge in [-0.15, -0.1) is 0 Å². The van der Waals surface area contributed by atoms with E-state index in [1.165, 1.54) is 32.1 Å². The number of aldehydes is 1. The summed E-state index contributed by atoms with van der Waals surface area (Å²) in [6.45, 7) is 16.5. The first-order chi connectivity index (χ1) is 14.9. The van der Waals surface area contributed by atoms with E-state index in [1.54, 1.807) is 5.57 Å².